The lowest BCUT2D eigenvalue weighted by molar-refractivity contribution is 0.0487. The molecule has 2 aromatic rings. The quantitative estimate of drug-likeness (QED) is 0.190. The number of aliphatic imine (C=N–C) groups is 1. The molecule has 0 aliphatic rings. The number of benzene rings is 1. The van der Waals surface area contributed by atoms with Gasteiger partial charge in [0.15, 0.2) is 5.96 Å². The van der Waals surface area contributed by atoms with Crippen molar-refractivity contribution in [1.82, 2.24) is 20.4 Å². The van der Waals surface area contributed by atoms with Crippen molar-refractivity contribution in [3.8, 4) is 5.69 Å². The van der Waals surface area contributed by atoms with Gasteiger partial charge in [-0.15, -0.1) is 24.0 Å². The van der Waals surface area contributed by atoms with Crippen molar-refractivity contribution in [3.63, 3.8) is 0 Å². The SMILES string of the molecule is CCCCOCCOCCNC(=NC)NCc1c(C)nn(-c2ccccc2)c1C.I. The highest BCUT2D eigenvalue weighted by Gasteiger charge is 2.13. The normalized spacial score (nSPS) is 11.3. The number of aromatic nitrogens is 2. The molecule has 0 bridgehead atoms. The molecule has 0 aliphatic carbocycles. The summed E-state index contributed by atoms with van der Waals surface area (Å²) in [7, 11) is 1.77. The first-order valence-corrected chi connectivity index (χ1v) is 10.4. The number of ether oxygens (including phenoxy) is 2. The van der Waals surface area contributed by atoms with Crippen molar-refractivity contribution in [2.45, 2.75) is 40.2 Å². The molecule has 0 saturated carbocycles. The van der Waals surface area contributed by atoms with E-state index in [9.17, 15) is 0 Å². The monoisotopic (exact) mass is 529 g/mol. The second kappa shape index (κ2) is 15.2. The van der Waals surface area contributed by atoms with Gasteiger partial charge in [0.1, 0.15) is 0 Å². The maximum atomic E-state index is 5.58. The minimum Gasteiger partial charge on any atom is -0.379 e. The van der Waals surface area contributed by atoms with Crippen LogP contribution in [0.15, 0.2) is 35.3 Å². The molecular weight excluding hydrogens is 493 g/mol. The predicted molar refractivity (Wildman–Crippen MR) is 133 cm³/mol. The molecule has 0 radical (unpaired) electrons. The Morgan fingerprint density at radius 1 is 1.03 bits per heavy atom. The fraction of sp³-hybridized carbons (Fsp3) is 0.545. The van der Waals surface area contributed by atoms with Gasteiger partial charge in [0, 0.05) is 38.0 Å². The molecule has 2 N–H and O–H groups in total. The van der Waals surface area contributed by atoms with Crippen LogP contribution in [0.1, 0.15) is 36.7 Å². The highest BCUT2D eigenvalue weighted by molar-refractivity contribution is 14.0. The Hall–Kier alpha value is -1.65. The van der Waals surface area contributed by atoms with Crippen LogP contribution >= 0.6 is 24.0 Å². The van der Waals surface area contributed by atoms with Gasteiger partial charge in [0.05, 0.1) is 31.2 Å². The zero-order valence-electron chi connectivity index (χ0n) is 18.6. The third-order valence-electron chi connectivity index (χ3n) is 4.65. The van der Waals surface area contributed by atoms with Crippen molar-refractivity contribution in [2.24, 2.45) is 4.99 Å². The third kappa shape index (κ3) is 8.61. The summed E-state index contributed by atoms with van der Waals surface area (Å²) < 4.78 is 13.0. The fourth-order valence-electron chi connectivity index (χ4n) is 2.95. The predicted octanol–water partition coefficient (Wildman–Crippen LogP) is 3.61. The van der Waals surface area contributed by atoms with Crippen molar-refractivity contribution in [1.29, 1.82) is 0 Å². The van der Waals surface area contributed by atoms with Crippen LogP contribution in [-0.4, -0.2) is 55.8 Å². The Bertz CT molecular complexity index is 749. The first-order chi connectivity index (χ1) is 14.2. The van der Waals surface area contributed by atoms with Gasteiger partial charge in [-0.25, -0.2) is 4.68 Å². The van der Waals surface area contributed by atoms with Crippen LogP contribution in [0.5, 0.6) is 0 Å². The summed E-state index contributed by atoms with van der Waals surface area (Å²) in [5.41, 5.74) is 4.39. The van der Waals surface area contributed by atoms with E-state index in [1.807, 2.05) is 29.8 Å². The van der Waals surface area contributed by atoms with E-state index in [0.29, 0.717) is 32.9 Å². The number of hydrogen-bond donors (Lipinski definition) is 2. The van der Waals surface area contributed by atoms with Crippen LogP contribution in [-0.2, 0) is 16.0 Å². The molecule has 0 saturated heterocycles. The third-order valence-corrected chi connectivity index (χ3v) is 4.65. The molecule has 1 aromatic carbocycles. The summed E-state index contributed by atoms with van der Waals surface area (Å²) >= 11 is 0. The molecule has 0 fully saturated rings. The number of nitrogens with zero attached hydrogens (tertiary/aromatic N) is 3. The van der Waals surface area contributed by atoms with Crippen molar-refractivity contribution < 1.29 is 9.47 Å². The molecule has 0 aliphatic heterocycles. The largest absolute Gasteiger partial charge is 0.379 e. The maximum absolute atomic E-state index is 5.58. The average molecular weight is 529 g/mol. The van der Waals surface area contributed by atoms with Crippen LogP contribution in [0.3, 0.4) is 0 Å². The van der Waals surface area contributed by atoms with E-state index < -0.39 is 0 Å². The summed E-state index contributed by atoms with van der Waals surface area (Å²) in [6, 6.07) is 10.2. The molecule has 0 unspecified atom stereocenters. The van der Waals surface area contributed by atoms with Gasteiger partial charge in [-0.3, -0.25) is 4.99 Å². The van der Waals surface area contributed by atoms with Gasteiger partial charge in [0.2, 0.25) is 0 Å². The smallest absolute Gasteiger partial charge is 0.191 e. The van der Waals surface area contributed by atoms with Gasteiger partial charge in [-0.05, 0) is 32.4 Å². The lowest BCUT2D eigenvalue weighted by atomic mass is 10.2. The molecule has 0 spiro atoms. The highest BCUT2D eigenvalue weighted by Crippen LogP contribution is 2.17. The van der Waals surface area contributed by atoms with Crippen LogP contribution < -0.4 is 10.6 Å². The van der Waals surface area contributed by atoms with E-state index in [1.54, 1.807) is 7.05 Å². The van der Waals surface area contributed by atoms with Crippen molar-refractivity contribution in [3.05, 3.63) is 47.3 Å². The first kappa shape index (κ1) is 26.4. The Labute approximate surface area is 197 Å². The van der Waals surface area contributed by atoms with Crippen LogP contribution in [0, 0.1) is 13.8 Å². The van der Waals surface area contributed by atoms with E-state index in [2.05, 4.69) is 41.6 Å². The number of hydrogen-bond acceptors (Lipinski definition) is 4. The summed E-state index contributed by atoms with van der Waals surface area (Å²) in [5, 5.41) is 11.3. The van der Waals surface area contributed by atoms with Gasteiger partial charge >= 0.3 is 0 Å². The Morgan fingerprint density at radius 2 is 1.73 bits per heavy atom. The number of rotatable bonds is 12. The molecule has 8 heteroatoms. The Balaban J connectivity index is 0.00000450. The zero-order chi connectivity index (χ0) is 20.9. The molecule has 168 valence electrons. The van der Waals surface area contributed by atoms with E-state index in [4.69, 9.17) is 14.6 Å². The standard InChI is InChI=1S/C22H35N5O2.HI/c1-5-6-13-28-15-16-29-14-12-24-22(23-4)25-17-21-18(2)26-27(19(21)3)20-10-8-7-9-11-20;/h7-11H,5-6,12-17H2,1-4H3,(H2,23,24,25);1H. The second-order valence-corrected chi connectivity index (χ2v) is 6.83. The minimum atomic E-state index is 0. The minimum absolute atomic E-state index is 0. The molecule has 7 nitrogen and oxygen atoms in total. The van der Waals surface area contributed by atoms with E-state index in [-0.39, 0.29) is 24.0 Å². The summed E-state index contributed by atoms with van der Waals surface area (Å²) in [6.45, 7) is 10.3. The summed E-state index contributed by atoms with van der Waals surface area (Å²) in [6.07, 6.45) is 2.26. The molecule has 1 aromatic heterocycles. The zero-order valence-corrected chi connectivity index (χ0v) is 20.9. The Kier molecular flexibility index (Phi) is 13.4. The van der Waals surface area contributed by atoms with E-state index in [0.717, 1.165) is 42.5 Å². The number of para-hydroxylation sites is 1. The fourth-order valence-corrected chi connectivity index (χ4v) is 2.95. The second-order valence-electron chi connectivity index (χ2n) is 6.83. The number of unbranched alkanes of at least 4 members (excludes halogenated alkanes) is 1. The highest BCUT2D eigenvalue weighted by atomic mass is 127. The van der Waals surface area contributed by atoms with Crippen molar-refractivity contribution >= 4 is 29.9 Å². The van der Waals surface area contributed by atoms with Gasteiger partial charge in [-0.1, -0.05) is 31.5 Å². The van der Waals surface area contributed by atoms with Crippen LogP contribution in [0.25, 0.3) is 5.69 Å². The summed E-state index contributed by atoms with van der Waals surface area (Å²) in [5.74, 6) is 0.749. The van der Waals surface area contributed by atoms with Gasteiger partial charge in [0.25, 0.3) is 0 Å². The molecule has 2 rings (SSSR count). The van der Waals surface area contributed by atoms with Crippen LogP contribution in [0.4, 0.5) is 0 Å². The Morgan fingerprint density at radius 3 is 2.40 bits per heavy atom. The van der Waals surface area contributed by atoms with Gasteiger partial charge in [-0.2, -0.15) is 5.10 Å². The lowest BCUT2D eigenvalue weighted by Gasteiger charge is -2.12. The van der Waals surface area contributed by atoms with E-state index in [1.165, 1.54) is 5.56 Å². The molecular formula is C22H36IN5O2. The molecule has 30 heavy (non-hydrogen) atoms. The summed E-state index contributed by atoms with van der Waals surface area (Å²) in [4.78, 5) is 4.28. The average Bonchev–Trinajstić information content (AvgIpc) is 3.03. The molecule has 0 atom stereocenters. The first-order valence-electron chi connectivity index (χ1n) is 10.4. The number of nitrogens with one attached hydrogen (secondary N) is 2. The molecule has 0 amide bonds. The van der Waals surface area contributed by atoms with Gasteiger partial charge < -0.3 is 20.1 Å². The molecule has 1 heterocycles. The van der Waals surface area contributed by atoms with Crippen LogP contribution in [0.2, 0.25) is 0 Å². The maximum Gasteiger partial charge on any atom is 0.191 e. The number of guanidine groups is 1. The van der Waals surface area contributed by atoms with Crippen molar-refractivity contribution in [2.75, 3.05) is 40.0 Å². The van der Waals surface area contributed by atoms with E-state index >= 15 is 0 Å². The number of halogens is 1. The lowest BCUT2D eigenvalue weighted by Crippen LogP contribution is -2.38. The topological polar surface area (TPSA) is 72.7 Å². The number of aryl methyl sites for hydroxylation is 1.